The van der Waals surface area contributed by atoms with E-state index in [-0.39, 0.29) is 0 Å². The van der Waals surface area contributed by atoms with Gasteiger partial charge in [0.15, 0.2) is 0 Å². The normalized spacial score (nSPS) is 12.5. The smallest absolute Gasteiger partial charge is 0.0419 e. The molecule has 120 valence electrons. The fourth-order valence-corrected chi connectivity index (χ4v) is 2.63. The lowest BCUT2D eigenvalue weighted by molar-refractivity contribution is 0.455. The molecule has 0 amide bonds. The zero-order chi connectivity index (χ0) is 15.3. The molecule has 3 N–H and O–H groups in total. The average Bonchev–Trinajstić information content (AvgIpc) is 2.53. The Balaban J connectivity index is 2.18. The molecule has 0 saturated heterocycles. The second kappa shape index (κ2) is 11.7. The predicted molar refractivity (Wildman–Crippen MR) is 91.0 cm³/mol. The lowest BCUT2D eigenvalue weighted by Crippen LogP contribution is -2.36. The lowest BCUT2D eigenvalue weighted by Gasteiger charge is -2.15. The first-order valence-electron chi connectivity index (χ1n) is 8.70. The van der Waals surface area contributed by atoms with Gasteiger partial charge in [0.1, 0.15) is 0 Å². The Morgan fingerprint density at radius 3 is 2.33 bits per heavy atom. The summed E-state index contributed by atoms with van der Waals surface area (Å²) in [6, 6.07) is 4.65. The van der Waals surface area contributed by atoms with Crippen LogP contribution in [0.4, 0.5) is 0 Å². The summed E-state index contributed by atoms with van der Waals surface area (Å²) in [4.78, 5) is 4.52. The van der Waals surface area contributed by atoms with Crippen molar-refractivity contribution in [3.63, 3.8) is 0 Å². The van der Waals surface area contributed by atoms with Gasteiger partial charge in [-0.2, -0.15) is 0 Å². The number of unbranched alkanes of at least 4 members (excludes halogenated alkanes) is 6. The van der Waals surface area contributed by atoms with E-state index in [1.807, 2.05) is 6.20 Å². The van der Waals surface area contributed by atoms with Crippen molar-refractivity contribution in [2.24, 2.45) is 5.84 Å². The lowest BCUT2D eigenvalue weighted by atomic mass is 10.0. The summed E-state index contributed by atoms with van der Waals surface area (Å²) in [7, 11) is 0. The number of nitrogens with zero attached hydrogens (tertiary/aromatic N) is 1. The highest BCUT2D eigenvalue weighted by Crippen LogP contribution is 2.12. The van der Waals surface area contributed by atoms with Gasteiger partial charge in [0.25, 0.3) is 0 Å². The van der Waals surface area contributed by atoms with Crippen molar-refractivity contribution in [1.29, 1.82) is 0 Å². The highest BCUT2D eigenvalue weighted by atomic mass is 15.2. The van der Waals surface area contributed by atoms with Gasteiger partial charge in [0.2, 0.25) is 0 Å². The maximum absolute atomic E-state index is 5.68. The number of rotatable bonds is 12. The summed E-state index contributed by atoms with van der Waals surface area (Å²) in [6.07, 6.45) is 14.5. The van der Waals surface area contributed by atoms with E-state index in [0.29, 0.717) is 6.04 Å². The van der Waals surface area contributed by atoms with Crippen molar-refractivity contribution in [2.45, 2.75) is 84.1 Å². The standard InChI is InChI=1S/C18H33N3/c1-3-5-6-7-8-9-10-11-18(21-19)14-17-13-12-16(4-2)15-20-17/h12-13,15,18,21H,3-11,14,19H2,1-2H3. The summed E-state index contributed by atoms with van der Waals surface area (Å²) >= 11 is 0. The Kier molecular flexibility index (Phi) is 10.1. The average molecular weight is 291 g/mol. The van der Waals surface area contributed by atoms with Crippen molar-refractivity contribution in [3.8, 4) is 0 Å². The summed E-state index contributed by atoms with van der Waals surface area (Å²) < 4.78 is 0. The molecule has 1 aromatic rings. The van der Waals surface area contributed by atoms with Crippen LogP contribution in [-0.2, 0) is 12.8 Å². The van der Waals surface area contributed by atoms with Crippen molar-refractivity contribution in [1.82, 2.24) is 10.4 Å². The minimum absolute atomic E-state index is 0.348. The van der Waals surface area contributed by atoms with Gasteiger partial charge in [-0.25, -0.2) is 0 Å². The first-order chi connectivity index (χ1) is 10.3. The molecular formula is C18H33N3. The number of nitrogens with two attached hydrogens (primary N) is 1. The number of hydrazine groups is 1. The van der Waals surface area contributed by atoms with Crippen LogP contribution in [0.3, 0.4) is 0 Å². The maximum atomic E-state index is 5.68. The topological polar surface area (TPSA) is 50.9 Å². The molecule has 21 heavy (non-hydrogen) atoms. The Morgan fingerprint density at radius 2 is 1.76 bits per heavy atom. The molecule has 0 saturated carbocycles. The third kappa shape index (κ3) is 8.18. The third-order valence-electron chi connectivity index (χ3n) is 4.14. The molecule has 0 spiro atoms. The molecular weight excluding hydrogens is 258 g/mol. The Morgan fingerprint density at radius 1 is 1.05 bits per heavy atom. The largest absolute Gasteiger partial charge is 0.271 e. The first-order valence-corrected chi connectivity index (χ1v) is 8.70. The van der Waals surface area contributed by atoms with E-state index in [1.165, 1.54) is 50.5 Å². The van der Waals surface area contributed by atoms with Crippen LogP contribution >= 0.6 is 0 Å². The van der Waals surface area contributed by atoms with Gasteiger partial charge < -0.3 is 0 Å². The SMILES string of the molecule is CCCCCCCCCC(Cc1ccc(CC)cn1)NN. The predicted octanol–water partition coefficient (Wildman–Crippen LogP) is 4.16. The van der Waals surface area contributed by atoms with Crippen LogP contribution < -0.4 is 11.3 Å². The van der Waals surface area contributed by atoms with Crippen molar-refractivity contribution in [3.05, 3.63) is 29.6 Å². The maximum Gasteiger partial charge on any atom is 0.0419 e. The van der Waals surface area contributed by atoms with Crippen LogP contribution in [-0.4, -0.2) is 11.0 Å². The zero-order valence-corrected chi connectivity index (χ0v) is 13.9. The number of hydrogen-bond acceptors (Lipinski definition) is 3. The fourth-order valence-electron chi connectivity index (χ4n) is 2.63. The van der Waals surface area contributed by atoms with E-state index in [2.05, 4.69) is 36.4 Å². The number of aryl methyl sites for hydroxylation is 1. The van der Waals surface area contributed by atoms with Gasteiger partial charge in [-0.15, -0.1) is 0 Å². The molecule has 0 radical (unpaired) electrons. The van der Waals surface area contributed by atoms with E-state index >= 15 is 0 Å². The van der Waals surface area contributed by atoms with E-state index in [4.69, 9.17) is 5.84 Å². The molecule has 0 aliphatic rings. The molecule has 3 nitrogen and oxygen atoms in total. The van der Waals surface area contributed by atoms with Gasteiger partial charge in [-0.3, -0.25) is 16.3 Å². The summed E-state index contributed by atoms with van der Waals surface area (Å²) in [5.74, 6) is 5.68. The highest BCUT2D eigenvalue weighted by Gasteiger charge is 2.08. The fraction of sp³-hybridized carbons (Fsp3) is 0.722. The van der Waals surface area contributed by atoms with Gasteiger partial charge in [0, 0.05) is 24.4 Å². The van der Waals surface area contributed by atoms with E-state index in [9.17, 15) is 0 Å². The van der Waals surface area contributed by atoms with E-state index in [1.54, 1.807) is 0 Å². The molecule has 0 fully saturated rings. The van der Waals surface area contributed by atoms with Crippen LogP contribution in [0.1, 0.15) is 76.5 Å². The van der Waals surface area contributed by atoms with Crippen LogP contribution in [0.2, 0.25) is 0 Å². The molecule has 1 rings (SSSR count). The second-order valence-corrected chi connectivity index (χ2v) is 5.99. The third-order valence-corrected chi connectivity index (χ3v) is 4.14. The summed E-state index contributed by atoms with van der Waals surface area (Å²) in [5.41, 5.74) is 5.38. The Labute approximate surface area is 130 Å². The minimum Gasteiger partial charge on any atom is -0.271 e. The van der Waals surface area contributed by atoms with Crippen LogP contribution in [0.15, 0.2) is 18.3 Å². The minimum atomic E-state index is 0.348. The molecule has 0 bridgehead atoms. The number of pyridine rings is 1. The van der Waals surface area contributed by atoms with Gasteiger partial charge >= 0.3 is 0 Å². The quantitative estimate of drug-likeness (QED) is 0.345. The van der Waals surface area contributed by atoms with Crippen LogP contribution in [0, 0.1) is 0 Å². The Bertz CT molecular complexity index is 348. The number of hydrogen-bond donors (Lipinski definition) is 2. The van der Waals surface area contributed by atoms with Crippen molar-refractivity contribution in [2.75, 3.05) is 0 Å². The second-order valence-electron chi connectivity index (χ2n) is 5.99. The first kappa shape index (κ1) is 18.1. The molecule has 1 heterocycles. The molecule has 0 aromatic carbocycles. The number of aromatic nitrogens is 1. The molecule has 0 aliphatic heterocycles. The molecule has 1 atom stereocenters. The van der Waals surface area contributed by atoms with Crippen LogP contribution in [0.5, 0.6) is 0 Å². The van der Waals surface area contributed by atoms with E-state index in [0.717, 1.165) is 25.0 Å². The van der Waals surface area contributed by atoms with Crippen LogP contribution in [0.25, 0.3) is 0 Å². The number of nitrogens with one attached hydrogen (secondary N) is 1. The highest BCUT2D eigenvalue weighted by molar-refractivity contribution is 5.14. The zero-order valence-electron chi connectivity index (χ0n) is 13.9. The van der Waals surface area contributed by atoms with Gasteiger partial charge in [0.05, 0.1) is 0 Å². The molecule has 1 unspecified atom stereocenters. The van der Waals surface area contributed by atoms with Gasteiger partial charge in [-0.05, 0) is 24.5 Å². The van der Waals surface area contributed by atoms with Crippen molar-refractivity contribution < 1.29 is 0 Å². The molecule has 0 aliphatic carbocycles. The molecule has 1 aromatic heterocycles. The van der Waals surface area contributed by atoms with Gasteiger partial charge in [-0.1, -0.05) is 64.9 Å². The summed E-state index contributed by atoms with van der Waals surface area (Å²) in [6.45, 7) is 4.42. The van der Waals surface area contributed by atoms with E-state index < -0.39 is 0 Å². The molecule has 3 heteroatoms. The monoisotopic (exact) mass is 291 g/mol. The van der Waals surface area contributed by atoms with Crippen molar-refractivity contribution >= 4 is 0 Å². The summed E-state index contributed by atoms with van der Waals surface area (Å²) in [5, 5.41) is 0. The Hall–Kier alpha value is -0.930.